The van der Waals surface area contributed by atoms with Crippen molar-refractivity contribution in [3.8, 4) is 0 Å². The second-order valence-electron chi connectivity index (χ2n) is 8.84. The Hall–Kier alpha value is -3.28. The number of amides is 2. The molecule has 0 fully saturated rings. The number of furan rings is 1. The highest BCUT2D eigenvalue weighted by Crippen LogP contribution is 2.17. The number of benzene rings is 1. The van der Waals surface area contributed by atoms with Crippen molar-refractivity contribution in [2.24, 2.45) is 0 Å². The van der Waals surface area contributed by atoms with Gasteiger partial charge in [-0.25, -0.2) is 0 Å². The molecule has 0 aliphatic heterocycles. The van der Waals surface area contributed by atoms with Gasteiger partial charge in [-0.05, 0) is 69.5 Å². The average Bonchev–Trinajstić information content (AvgIpc) is 3.48. The fourth-order valence-electron chi connectivity index (χ4n) is 3.87. The van der Waals surface area contributed by atoms with Gasteiger partial charge in [-0.3, -0.25) is 9.59 Å². The van der Waals surface area contributed by atoms with Gasteiger partial charge in [0.05, 0.1) is 12.8 Å². The van der Waals surface area contributed by atoms with Crippen molar-refractivity contribution in [3.63, 3.8) is 0 Å². The normalized spacial score (nSPS) is 12.1. The van der Waals surface area contributed by atoms with Crippen LogP contribution in [0.3, 0.4) is 0 Å². The molecule has 6 heteroatoms. The van der Waals surface area contributed by atoms with Crippen LogP contribution < -0.4 is 0 Å². The Balaban J connectivity index is 1.79. The molecule has 0 aliphatic rings. The quantitative estimate of drug-likeness (QED) is 0.432. The average molecular weight is 450 g/mol. The van der Waals surface area contributed by atoms with E-state index in [1.54, 1.807) is 17.0 Å². The summed E-state index contributed by atoms with van der Waals surface area (Å²) in [6.45, 7) is 11.3. The minimum atomic E-state index is -0.268. The Labute approximate surface area is 196 Å². The standard InChI is InChI=1S/C27H35N3O3/c1-6-22(5)30(26(31)19-29(20(2)3)27(32)25-14-10-16-33-25)18-24-13-9-15-28(24)17-23-12-8-7-11-21(23)4/h7-16,20,22H,6,17-19H2,1-5H3. The van der Waals surface area contributed by atoms with Crippen molar-refractivity contribution < 1.29 is 14.0 Å². The van der Waals surface area contributed by atoms with E-state index in [-0.39, 0.29) is 36.2 Å². The maximum atomic E-state index is 13.5. The van der Waals surface area contributed by atoms with E-state index in [9.17, 15) is 9.59 Å². The van der Waals surface area contributed by atoms with Gasteiger partial charge in [-0.1, -0.05) is 31.2 Å². The molecule has 0 saturated carbocycles. The van der Waals surface area contributed by atoms with Crippen LogP contribution in [0.15, 0.2) is 65.4 Å². The number of aromatic nitrogens is 1. The number of hydrogen-bond donors (Lipinski definition) is 0. The molecular formula is C27H35N3O3. The molecule has 2 heterocycles. The Morgan fingerprint density at radius 1 is 1.00 bits per heavy atom. The first-order valence-electron chi connectivity index (χ1n) is 11.6. The number of carbonyl (C=O) groups excluding carboxylic acids is 2. The van der Waals surface area contributed by atoms with Crippen LogP contribution in [0.4, 0.5) is 0 Å². The number of rotatable bonds is 10. The van der Waals surface area contributed by atoms with Gasteiger partial charge in [-0.15, -0.1) is 0 Å². The third-order valence-electron chi connectivity index (χ3n) is 6.22. The maximum absolute atomic E-state index is 13.5. The second-order valence-corrected chi connectivity index (χ2v) is 8.84. The lowest BCUT2D eigenvalue weighted by Gasteiger charge is -2.33. The zero-order valence-corrected chi connectivity index (χ0v) is 20.3. The summed E-state index contributed by atoms with van der Waals surface area (Å²) in [5, 5.41) is 0. The van der Waals surface area contributed by atoms with Gasteiger partial charge in [0.2, 0.25) is 5.91 Å². The van der Waals surface area contributed by atoms with Crippen molar-refractivity contribution in [2.45, 2.75) is 66.2 Å². The molecule has 3 rings (SSSR count). The molecule has 0 aliphatic carbocycles. The molecule has 0 radical (unpaired) electrons. The Morgan fingerprint density at radius 2 is 1.76 bits per heavy atom. The Morgan fingerprint density at radius 3 is 2.39 bits per heavy atom. The van der Waals surface area contributed by atoms with E-state index in [1.165, 1.54) is 17.4 Å². The van der Waals surface area contributed by atoms with Gasteiger partial charge in [0.15, 0.2) is 5.76 Å². The molecule has 33 heavy (non-hydrogen) atoms. The van der Waals surface area contributed by atoms with Gasteiger partial charge in [0.1, 0.15) is 6.54 Å². The summed E-state index contributed by atoms with van der Waals surface area (Å²) in [7, 11) is 0. The van der Waals surface area contributed by atoms with E-state index < -0.39 is 0 Å². The summed E-state index contributed by atoms with van der Waals surface area (Å²) in [5.74, 6) is -0.0873. The fourth-order valence-corrected chi connectivity index (χ4v) is 3.87. The van der Waals surface area contributed by atoms with Gasteiger partial charge >= 0.3 is 0 Å². The topological polar surface area (TPSA) is 58.7 Å². The fraction of sp³-hybridized carbons (Fsp3) is 0.407. The first kappa shape index (κ1) is 24.4. The van der Waals surface area contributed by atoms with Crippen molar-refractivity contribution in [2.75, 3.05) is 6.54 Å². The van der Waals surface area contributed by atoms with Crippen molar-refractivity contribution in [3.05, 3.63) is 83.6 Å². The third-order valence-corrected chi connectivity index (χ3v) is 6.22. The number of nitrogens with zero attached hydrogens (tertiary/aromatic N) is 3. The summed E-state index contributed by atoms with van der Waals surface area (Å²) < 4.78 is 7.48. The van der Waals surface area contributed by atoms with Crippen molar-refractivity contribution in [1.29, 1.82) is 0 Å². The third kappa shape index (κ3) is 5.95. The lowest BCUT2D eigenvalue weighted by atomic mass is 10.1. The molecule has 176 valence electrons. The summed E-state index contributed by atoms with van der Waals surface area (Å²) in [4.78, 5) is 29.8. The SMILES string of the molecule is CCC(C)N(Cc1cccn1Cc1ccccc1C)C(=O)CN(C(=O)c1ccco1)C(C)C. The second kappa shape index (κ2) is 11.0. The summed E-state index contributed by atoms with van der Waals surface area (Å²) in [6, 6.07) is 15.7. The zero-order chi connectivity index (χ0) is 24.0. The van der Waals surface area contributed by atoms with Crippen molar-refractivity contribution >= 4 is 11.8 Å². The molecular weight excluding hydrogens is 414 g/mol. The van der Waals surface area contributed by atoms with Crippen molar-refractivity contribution in [1.82, 2.24) is 14.4 Å². The number of hydrogen-bond acceptors (Lipinski definition) is 3. The monoisotopic (exact) mass is 449 g/mol. The van der Waals surface area contributed by atoms with Crippen LogP contribution >= 0.6 is 0 Å². The van der Waals surface area contributed by atoms with Gasteiger partial charge < -0.3 is 18.8 Å². The summed E-state index contributed by atoms with van der Waals surface area (Å²) in [5.41, 5.74) is 3.57. The van der Waals surface area contributed by atoms with E-state index in [2.05, 4.69) is 55.8 Å². The largest absolute Gasteiger partial charge is 0.459 e. The highest BCUT2D eigenvalue weighted by molar-refractivity contribution is 5.94. The van der Waals surface area contributed by atoms with Crippen LogP contribution in [0.5, 0.6) is 0 Å². The van der Waals surface area contributed by atoms with Crippen LogP contribution in [0.2, 0.25) is 0 Å². The van der Waals surface area contributed by atoms with Crippen LogP contribution in [-0.2, 0) is 17.9 Å². The van der Waals surface area contributed by atoms with E-state index >= 15 is 0 Å². The Bertz CT molecular complexity index is 1050. The molecule has 0 spiro atoms. The summed E-state index contributed by atoms with van der Waals surface area (Å²) in [6.07, 6.45) is 4.36. The highest BCUT2D eigenvalue weighted by Gasteiger charge is 2.28. The van der Waals surface area contributed by atoms with Gasteiger partial charge in [-0.2, -0.15) is 0 Å². The smallest absolute Gasteiger partial charge is 0.290 e. The molecule has 1 atom stereocenters. The van der Waals surface area contributed by atoms with Crippen LogP contribution in [-0.4, -0.2) is 44.8 Å². The van der Waals surface area contributed by atoms with E-state index in [4.69, 9.17) is 4.42 Å². The minimum absolute atomic E-state index is 0.0139. The van der Waals surface area contributed by atoms with Crippen LogP contribution in [0, 0.1) is 6.92 Å². The van der Waals surface area contributed by atoms with E-state index in [1.807, 2.05) is 30.9 Å². The van der Waals surface area contributed by atoms with Gasteiger partial charge in [0, 0.05) is 30.5 Å². The molecule has 1 aromatic carbocycles. The maximum Gasteiger partial charge on any atom is 0.290 e. The van der Waals surface area contributed by atoms with Gasteiger partial charge in [0.25, 0.3) is 5.91 Å². The first-order valence-corrected chi connectivity index (χ1v) is 11.6. The molecule has 0 saturated heterocycles. The Kier molecular flexibility index (Phi) is 8.15. The molecule has 3 aromatic rings. The van der Waals surface area contributed by atoms with Crippen LogP contribution in [0.1, 0.15) is 61.5 Å². The molecule has 0 bridgehead atoms. The molecule has 2 aromatic heterocycles. The predicted octanol–water partition coefficient (Wildman–Crippen LogP) is 5.12. The zero-order valence-electron chi connectivity index (χ0n) is 20.3. The molecule has 1 unspecified atom stereocenters. The minimum Gasteiger partial charge on any atom is -0.459 e. The molecule has 0 N–H and O–H groups in total. The first-order chi connectivity index (χ1) is 15.8. The number of carbonyl (C=O) groups is 2. The lowest BCUT2D eigenvalue weighted by Crippen LogP contribution is -2.48. The summed E-state index contributed by atoms with van der Waals surface area (Å²) >= 11 is 0. The number of aryl methyl sites for hydroxylation is 1. The lowest BCUT2D eigenvalue weighted by molar-refractivity contribution is -0.135. The highest BCUT2D eigenvalue weighted by atomic mass is 16.3. The predicted molar refractivity (Wildman–Crippen MR) is 130 cm³/mol. The molecule has 6 nitrogen and oxygen atoms in total. The van der Waals surface area contributed by atoms with E-state index in [0.29, 0.717) is 6.54 Å². The van der Waals surface area contributed by atoms with E-state index in [0.717, 1.165) is 18.7 Å². The molecule has 2 amide bonds. The van der Waals surface area contributed by atoms with Crippen LogP contribution in [0.25, 0.3) is 0 Å².